The quantitative estimate of drug-likeness (QED) is 0.346. The molecule has 1 N–H and O–H groups in total. The van der Waals surface area contributed by atoms with E-state index < -0.39 is 28.5 Å². The van der Waals surface area contributed by atoms with Gasteiger partial charge in [0.2, 0.25) is 21.8 Å². The maximum atomic E-state index is 14.2. The average Bonchev–Trinajstić information content (AvgIpc) is 3.44. The Morgan fingerprint density at radius 1 is 0.878 bits per heavy atom. The summed E-state index contributed by atoms with van der Waals surface area (Å²) in [6.45, 7) is 5.62. The van der Waals surface area contributed by atoms with Crippen LogP contribution in [-0.4, -0.2) is 50.0 Å². The van der Waals surface area contributed by atoms with Crippen molar-refractivity contribution in [1.29, 1.82) is 0 Å². The monoisotopic (exact) mass is 575 g/mol. The number of rotatable bonds is 11. The fourth-order valence-electron chi connectivity index (χ4n) is 5.42. The highest BCUT2D eigenvalue weighted by molar-refractivity contribution is 7.92. The number of carbonyl (C=O) groups is 2. The van der Waals surface area contributed by atoms with Gasteiger partial charge in [0, 0.05) is 19.0 Å². The average molecular weight is 576 g/mol. The summed E-state index contributed by atoms with van der Waals surface area (Å²) < 4.78 is 27.1. The number of benzene rings is 3. The summed E-state index contributed by atoms with van der Waals surface area (Å²) in [7, 11) is -3.79. The van der Waals surface area contributed by atoms with Crippen LogP contribution in [-0.2, 0) is 32.6 Å². The van der Waals surface area contributed by atoms with E-state index in [1.54, 1.807) is 17.0 Å². The second-order valence-corrected chi connectivity index (χ2v) is 13.2. The van der Waals surface area contributed by atoms with E-state index in [1.165, 1.54) is 0 Å². The van der Waals surface area contributed by atoms with Crippen LogP contribution in [0.4, 0.5) is 5.69 Å². The molecule has 41 heavy (non-hydrogen) atoms. The molecule has 3 aromatic rings. The lowest BCUT2D eigenvalue weighted by molar-refractivity contribution is -0.140. The van der Waals surface area contributed by atoms with E-state index >= 15 is 0 Å². The molecule has 0 unspecified atom stereocenters. The lowest BCUT2D eigenvalue weighted by atomic mass is 10.0. The van der Waals surface area contributed by atoms with E-state index in [9.17, 15) is 18.0 Å². The molecule has 0 heterocycles. The second kappa shape index (κ2) is 13.3. The van der Waals surface area contributed by atoms with Crippen molar-refractivity contribution in [3.8, 4) is 0 Å². The molecule has 0 radical (unpaired) electrons. The third kappa shape index (κ3) is 8.19. The van der Waals surface area contributed by atoms with Crippen LogP contribution >= 0.6 is 0 Å². The van der Waals surface area contributed by atoms with Crippen LogP contribution in [0.1, 0.15) is 53.5 Å². The maximum Gasteiger partial charge on any atom is 0.244 e. The molecule has 7 nitrogen and oxygen atoms in total. The number of aryl methyl sites for hydroxylation is 3. The smallest absolute Gasteiger partial charge is 0.244 e. The molecule has 0 saturated heterocycles. The van der Waals surface area contributed by atoms with Gasteiger partial charge in [-0.05, 0) is 68.0 Å². The van der Waals surface area contributed by atoms with Gasteiger partial charge in [0.15, 0.2) is 0 Å². The Bertz CT molecular complexity index is 1470. The van der Waals surface area contributed by atoms with Gasteiger partial charge in [0.1, 0.15) is 12.6 Å². The Kier molecular flexibility index (Phi) is 9.86. The minimum Gasteiger partial charge on any atom is -0.352 e. The zero-order valence-electron chi connectivity index (χ0n) is 24.5. The Balaban J connectivity index is 1.73. The van der Waals surface area contributed by atoms with Crippen LogP contribution in [0, 0.1) is 20.8 Å². The molecule has 3 aromatic carbocycles. The van der Waals surface area contributed by atoms with Crippen LogP contribution in [0.3, 0.4) is 0 Å². The fraction of sp³-hybridized carbons (Fsp3) is 0.394. The Morgan fingerprint density at radius 3 is 2.20 bits per heavy atom. The van der Waals surface area contributed by atoms with Crippen LogP contribution in [0.5, 0.6) is 0 Å². The molecule has 0 aromatic heterocycles. The van der Waals surface area contributed by atoms with E-state index in [0.717, 1.165) is 64.1 Å². The van der Waals surface area contributed by atoms with Crippen molar-refractivity contribution in [2.75, 3.05) is 17.1 Å². The summed E-state index contributed by atoms with van der Waals surface area (Å²) in [4.78, 5) is 29.7. The van der Waals surface area contributed by atoms with Crippen molar-refractivity contribution in [3.63, 3.8) is 0 Å². The summed E-state index contributed by atoms with van der Waals surface area (Å²) >= 11 is 0. The summed E-state index contributed by atoms with van der Waals surface area (Å²) in [6.07, 6.45) is 5.40. The highest BCUT2D eigenvalue weighted by atomic mass is 32.2. The number of hydrogen-bond acceptors (Lipinski definition) is 4. The topological polar surface area (TPSA) is 86.8 Å². The molecule has 1 atom stereocenters. The Hall–Kier alpha value is -3.65. The predicted octanol–water partition coefficient (Wildman–Crippen LogP) is 5.08. The fourth-order valence-corrected chi connectivity index (χ4v) is 6.26. The molecule has 0 spiro atoms. The van der Waals surface area contributed by atoms with Gasteiger partial charge in [0.05, 0.1) is 11.9 Å². The molecule has 0 aliphatic heterocycles. The van der Waals surface area contributed by atoms with Crippen molar-refractivity contribution in [1.82, 2.24) is 10.2 Å². The number of hydrogen-bond donors (Lipinski definition) is 1. The van der Waals surface area contributed by atoms with Gasteiger partial charge in [-0.15, -0.1) is 0 Å². The van der Waals surface area contributed by atoms with Crippen molar-refractivity contribution in [2.24, 2.45) is 0 Å². The number of nitrogens with zero attached hydrogens (tertiary/aromatic N) is 2. The zero-order chi connectivity index (χ0) is 29.6. The first-order valence-corrected chi connectivity index (χ1v) is 16.1. The van der Waals surface area contributed by atoms with Gasteiger partial charge in [-0.3, -0.25) is 13.9 Å². The Morgan fingerprint density at radius 2 is 1.56 bits per heavy atom. The van der Waals surface area contributed by atoms with Crippen LogP contribution < -0.4 is 9.62 Å². The number of sulfonamides is 1. The summed E-state index contributed by atoms with van der Waals surface area (Å²) in [6, 6.07) is 22.1. The van der Waals surface area contributed by atoms with Crippen LogP contribution in [0.25, 0.3) is 0 Å². The minimum atomic E-state index is -3.79. The van der Waals surface area contributed by atoms with E-state index in [0.29, 0.717) is 12.1 Å². The van der Waals surface area contributed by atoms with Crippen molar-refractivity contribution in [2.45, 2.75) is 71.5 Å². The van der Waals surface area contributed by atoms with Gasteiger partial charge in [-0.1, -0.05) is 79.1 Å². The highest BCUT2D eigenvalue weighted by Gasteiger charge is 2.34. The predicted molar refractivity (Wildman–Crippen MR) is 164 cm³/mol. The molecule has 1 fully saturated rings. The van der Waals surface area contributed by atoms with Gasteiger partial charge in [-0.2, -0.15) is 0 Å². The highest BCUT2D eigenvalue weighted by Crippen LogP contribution is 2.24. The second-order valence-electron chi connectivity index (χ2n) is 11.2. The Labute approximate surface area is 244 Å². The van der Waals surface area contributed by atoms with Crippen molar-refractivity contribution >= 4 is 27.5 Å². The van der Waals surface area contributed by atoms with E-state index in [1.807, 2.05) is 81.4 Å². The lowest BCUT2D eigenvalue weighted by Crippen LogP contribution is -2.54. The number of nitrogens with one attached hydrogen (secondary N) is 1. The largest absolute Gasteiger partial charge is 0.352 e. The first-order chi connectivity index (χ1) is 19.5. The number of anilines is 1. The molecular weight excluding hydrogens is 534 g/mol. The lowest BCUT2D eigenvalue weighted by Gasteiger charge is -2.34. The van der Waals surface area contributed by atoms with Gasteiger partial charge in [-0.25, -0.2) is 8.42 Å². The molecular formula is C33H41N3O4S. The summed E-state index contributed by atoms with van der Waals surface area (Å²) in [5.74, 6) is -0.642. The molecule has 0 bridgehead atoms. The molecule has 1 aliphatic carbocycles. The van der Waals surface area contributed by atoms with Gasteiger partial charge >= 0.3 is 0 Å². The van der Waals surface area contributed by atoms with Gasteiger partial charge in [0.25, 0.3) is 0 Å². The maximum absolute atomic E-state index is 14.2. The van der Waals surface area contributed by atoms with Crippen LogP contribution in [0.15, 0.2) is 72.8 Å². The minimum absolute atomic E-state index is 0.0831. The van der Waals surface area contributed by atoms with Crippen molar-refractivity contribution < 1.29 is 18.0 Å². The first-order valence-electron chi connectivity index (χ1n) is 14.3. The third-order valence-corrected chi connectivity index (χ3v) is 9.01. The zero-order valence-corrected chi connectivity index (χ0v) is 25.3. The molecule has 4 rings (SSSR count). The molecule has 1 aliphatic rings. The SMILES string of the molecule is Cc1cccc(CN(C(=O)CN(c2ccc(C)c(C)c2)S(C)(=O)=O)[C@H](Cc2ccccc2)C(=O)NC2CCCC2)c1. The summed E-state index contributed by atoms with van der Waals surface area (Å²) in [5, 5.41) is 3.20. The summed E-state index contributed by atoms with van der Waals surface area (Å²) in [5.41, 5.74) is 5.23. The third-order valence-electron chi connectivity index (χ3n) is 7.87. The molecule has 1 saturated carbocycles. The first kappa shape index (κ1) is 30.3. The normalized spacial score (nSPS) is 14.4. The molecule has 2 amide bonds. The molecule has 8 heteroatoms. The van der Waals surface area contributed by atoms with E-state index in [-0.39, 0.29) is 18.5 Å². The van der Waals surface area contributed by atoms with E-state index in [4.69, 9.17) is 0 Å². The molecule has 218 valence electrons. The van der Waals surface area contributed by atoms with E-state index in [2.05, 4.69) is 5.32 Å². The van der Waals surface area contributed by atoms with Crippen molar-refractivity contribution in [3.05, 3.63) is 101 Å². The number of amides is 2. The van der Waals surface area contributed by atoms with Crippen LogP contribution in [0.2, 0.25) is 0 Å². The number of carbonyl (C=O) groups excluding carboxylic acids is 2. The van der Waals surface area contributed by atoms with Gasteiger partial charge < -0.3 is 10.2 Å². The standard InChI is InChI=1S/C33H41N3O4S/c1-24-11-10-14-28(19-24)22-35(32(37)23-36(41(4,39)40)30-18-17-25(2)26(3)20-30)31(21-27-12-6-5-7-13-27)33(38)34-29-15-8-9-16-29/h5-7,10-14,17-20,29,31H,8-9,15-16,21-23H2,1-4H3,(H,34,38)/t31-/m1/s1.